The van der Waals surface area contributed by atoms with Gasteiger partial charge in [0.1, 0.15) is 0 Å². The van der Waals surface area contributed by atoms with Gasteiger partial charge in [0.05, 0.1) is 15.8 Å². The van der Waals surface area contributed by atoms with Gasteiger partial charge in [0.2, 0.25) is 26.0 Å². The SMILES string of the molecule is Cc1ccc(S(=O)(=O)NC2CCN(C(=O)C(C)NS(=O)(=O)c3ccc(C)cc3)CC2)cc1. The molecule has 1 fully saturated rings. The fraction of sp³-hybridized carbons (Fsp3) is 0.409. The predicted octanol–water partition coefficient (Wildman–Crippen LogP) is 1.94. The Labute approximate surface area is 190 Å². The topological polar surface area (TPSA) is 113 Å². The monoisotopic (exact) mass is 479 g/mol. The highest BCUT2D eigenvalue weighted by Crippen LogP contribution is 2.17. The lowest BCUT2D eigenvalue weighted by atomic mass is 10.1. The Morgan fingerprint density at radius 3 is 1.75 bits per heavy atom. The summed E-state index contributed by atoms with van der Waals surface area (Å²) in [6.07, 6.45) is 0.905. The fourth-order valence-electron chi connectivity index (χ4n) is 3.57. The van der Waals surface area contributed by atoms with Crippen LogP contribution in [0.1, 0.15) is 30.9 Å². The number of amides is 1. The molecule has 2 aromatic carbocycles. The first-order valence-electron chi connectivity index (χ1n) is 10.4. The minimum Gasteiger partial charge on any atom is -0.341 e. The van der Waals surface area contributed by atoms with Crippen LogP contribution >= 0.6 is 0 Å². The first-order valence-corrected chi connectivity index (χ1v) is 13.4. The molecule has 0 spiro atoms. The van der Waals surface area contributed by atoms with Crippen molar-refractivity contribution in [1.82, 2.24) is 14.3 Å². The Hall–Kier alpha value is -2.27. The number of benzene rings is 2. The summed E-state index contributed by atoms with van der Waals surface area (Å²) >= 11 is 0. The van der Waals surface area contributed by atoms with Gasteiger partial charge in [0, 0.05) is 19.1 Å². The zero-order chi connectivity index (χ0) is 23.5. The minimum absolute atomic E-state index is 0.104. The quantitative estimate of drug-likeness (QED) is 0.630. The number of aryl methyl sites for hydroxylation is 2. The third kappa shape index (κ3) is 5.94. The molecule has 3 rings (SSSR count). The maximum absolute atomic E-state index is 12.8. The van der Waals surface area contributed by atoms with Gasteiger partial charge in [-0.05, 0) is 57.9 Å². The molecule has 174 valence electrons. The number of piperidine rings is 1. The highest BCUT2D eigenvalue weighted by molar-refractivity contribution is 7.89. The van der Waals surface area contributed by atoms with Gasteiger partial charge in [-0.15, -0.1) is 0 Å². The summed E-state index contributed by atoms with van der Waals surface area (Å²) in [6.45, 7) is 5.95. The Balaban J connectivity index is 1.55. The second kappa shape index (κ2) is 9.70. The number of hydrogen-bond donors (Lipinski definition) is 2. The first-order chi connectivity index (χ1) is 15.0. The van der Waals surface area contributed by atoms with Crippen LogP contribution in [0.25, 0.3) is 0 Å². The molecule has 1 saturated heterocycles. The van der Waals surface area contributed by atoms with E-state index in [0.29, 0.717) is 25.9 Å². The van der Waals surface area contributed by atoms with Crippen LogP contribution < -0.4 is 9.44 Å². The van der Waals surface area contributed by atoms with Crippen molar-refractivity contribution in [3.05, 3.63) is 59.7 Å². The molecular formula is C22H29N3O5S2. The third-order valence-corrected chi connectivity index (χ3v) is 8.59. The summed E-state index contributed by atoms with van der Waals surface area (Å²) in [4.78, 5) is 14.6. The van der Waals surface area contributed by atoms with E-state index in [0.717, 1.165) is 11.1 Å². The normalized spacial score (nSPS) is 16.7. The molecule has 1 atom stereocenters. The van der Waals surface area contributed by atoms with Crippen LogP contribution in [0.2, 0.25) is 0 Å². The van der Waals surface area contributed by atoms with Crippen molar-refractivity contribution in [3.8, 4) is 0 Å². The Morgan fingerprint density at radius 1 is 0.844 bits per heavy atom. The van der Waals surface area contributed by atoms with Crippen LogP contribution in [-0.4, -0.2) is 52.8 Å². The molecular weight excluding hydrogens is 450 g/mol. The van der Waals surface area contributed by atoms with Crippen LogP contribution in [-0.2, 0) is 24.8 Å². The molecule has 32 heavy (non-hydrogen) atoms. The van der Waals surface area contributed by atoms with Gasteiger partial charge < -0.3 is 4.90 Å². The second-order valence-corrected chi connectivity index (χ2v) is 11.6. The van der Waals surface area contributed by atoms with Gasteiger partial charge in [-0.25, -0.2) is 21.6 Å². The largest absolute Gasteiger partial charge is 0.341 e. The molecule has 0 aliphatic carbocycles. The molecule has 1 heterocycles. The van der Waals surface area contributed by atoms with Crippen LogP contribution in [0.3, 0.4) is 0 Å². The van der Waals surface area contributed by atoms with E-state index in [9.17, 15) is 21.6 Å². The van der Waals surface area contributed by atoms with Gasteiger partial charge in [-0.1, -0.05) is 35.4 Å². The van der Waals surface area contributed by atoms with Crippen LogP contribution in [0.15, 0.2) is 58.3 Å². The predicted molar refractivity (Wildman–Crippen MR) is 122 cm³/mol. The summed E-state index contributed by atoms with van der Waals surface area (Å²) in [6, 6.07) is 11.8. The van der Waals surface area contributed by atoms with E-state index < -0.39 is 26.1 Å². The highest BCUT2D eigenvalue weighted by Gasteiger charge is 2.30. The van der Waals surface area contributed by atoms with Gasteiger partial charge in [0.15, 0.2) is 0 Å². The van der Waals surface area contributed by atoms with Gasteiger partial charge in [-0.3, -0.25) is 4.79 Å². The molecule has 1 amide bonds. The second-order valence-electron chi connectivity index (χ2n) is 8.19. The summed E-state index contributed by atoms with van der Waals surface area (Å²) < 4.78 is 55.4. The first kappa shape index (κ1) is 24.4. The summed E-state index contributed by atoms with van der Waals surface area (Å²) in [5.41, 5.74) is 1.91. The van der Waals surface area contributed by atoms with E-state index in [1.54, 1.807) is 41.3 Å². The zero-order valence-electron chi connectivity index (χ0n) is 18.4. The summed E-state index contributed by atoms with van der Waals surface area (Å²) in [5, 5.41) is 0. The van der Waals surface area contributed by atoms with E-state index in [4.69, 9.17) is 0 Å². The molecule has 0 bridgehead atoms. The van der Waals surface area contributed by atoms with Crippen molar-refractivity contribution in [3.63, 3.8) is 0 Å². The average Bonchev–Trinajstić information content (AvgIpc) is 2.74. The standard InChI is InChI=1S/C22H29N3O5S2/c1-16-4-8-20(9-5-16)31(27,28)23-18(3)22(26)25-14-12-19(13-15-25)24-32(29,30)21-10-6-17(2)7-11-21/h4-11,18-19,23-24H,12-15H2,1-3H3. The minimum atomic E-state index is -3.82. The number of likely N-dealkylation sites (tertiary alicyclic amines) is 1. The number of rotatable bonds is 7. The summed E-state index contributed by atoms with van der Waals surface area (Å²) in [7, 11) is -7.45. The number of hydrogen-bond acceptors (Lipinski definition) is 5. The van der Waals surface area contributed by atoms with Crippen molar-refractivity contribution in [2.45, 2.75) is 55.5 Å². The molecule has 1 aliphatic rings. The summed E-state index contributed by atoms with van der Waals surface area (Å²) in [5.74, 6) is -0.333. The Bertz CT molecular complexity index is 1150. The lowest BCUT2D eigenvalue weighted by Gasteiger charge is -2.33. The lowest BCUT2D eigenvalue weighted by molar-refractivity contribution is -0.133. The van der Waals surface area contributed by atoms with Crippen LogP contribution in [0.4, 0.5) is 0 Å². The van der Waals surface area contributed by atoms with Crippen molar-refractivity contribution in [1.29, 1.82) is 0 Å². The molecule has 1 aliphatic heterocycles. The zero-order valence-corrected chi connectivity index (χ0v) is 20.0. The highest BCUT2D eigenvalue weighted by atomic mass is 32.2. The third-order valence-electron chi connectivity index (χ3n) is 5.49. The van der Waals surface area contributed by atoms with Gasteiger partial charge >= 0.3 is 0 Å². The number of carbonyl (C=O) groups excluding carboxylic acids is 1. The van der Waals surface area contributed by atoms with E-state index in [1.807, 2.05) is 13.8 Å². The Kier molecular flexibility index (Phi) is 7.39. The molecule has 2 N–H and O–H groups in total. The van der Waals surface area contributed by atoms with Gasteiger partial charge in [-0.2, -0.15) is 4.72 Å². The Morgan fingerprint density at radius 2 is 1.28 bits per heavy atom. The van der Waals surface area contributed by atoms with Crippen molar-refractivity contribution < 1.29 is 21.6 Å². The van der Waals surface area contributed by atoms with Crippen LogP contribution in [0.5, 0.6) is 0 Å². The molecule has 0 saturated carbocycles. The molecule has 8 nitrogen and oxygen atoms in total. The maximum atomic E-state index is 12.8. The number of nitrogens with zero attached hydrogens (tertiary/aromatic N) is 1. The molecule has 0 radical (unpaired) electrons. The van der Waals surface area contributed by atoms with Crippen molar-refractivity contribution >= 4 is 26.0 Å². The van der Waals surface area contributed by atoms with Crippen molar-refractivity contribution in [2.75, 3.05) is 13.1 Å². The molecule has 1 unspecified atom stereocenters. The fourth-order valence-corrected chi connectivity index (χ4v) is 6.07. The smallest absolute Gasteiger partial charge is 0.241 e. The van der Waals surface area contributed by atoms with Crippen LogP contribution in [0, 0.1) is 13.8 Å². The lowest BCUT2D eigenvalue weighted by Crippen LogP contribution is -2.52. The van der Waals surface area contributed by atoms with Gasteiger partial charge in [0.25, 0.3) is 0 Å². The molecule has 10 heteroatoms. The van der Waals surface area contributed by atoms with E-state index in [1.165, 1.54) is 19.1 Å². The van der Waals surface area contributed by atoms with E-state index >= 15 is 0 Å². The van der Waals surface area contributed by atoms with E-state index in [-0.39, 0.29) is 21.7 Å². The molecule has 0 aromatic heterocycles. The van der Waals surface area contributed by atoms with E-state index in [2.05, 4.69) is 9.44 Å². The van der Waals surface area contributed by atoms with Crippen molar-refractivity contribution in [2.24, 2.45) is 0 Å². The number of nitrogens with one attached hydrogen (secondary N) is 2. The number of sulfonamides is 2. The number of carbonyl (C=O) groups is 1. The average molecular weight is 480 g/mol. The maximum Gasteiger partial charge on any atom is 0.241 e. The molecule has 2 aromatic rings.